The van der Waals surface area contributed by atoms with E-state index in [0.717, 1.165) is 18.3 Å². The van der Waals surface area contributed by atoms with Crippen LogP contribution in [0.5, 0.6) is 0 Å². The number of rotatable bonds is 13. The zero-order chi connectivity index (χ0) is 21.6. The lowest BCUT2D eigenvalue weighted by molar-refractivity contribution is -0.445. The summed E-state index contributed by atoms with van der Waals surface area (Å²) in [7, 11) is -2.35. The van der Waals surface area contributed by atoms with E-state index in [4.69, 9.17) is 49.4 Å². The molecule has 1 aromatic rings. The molecule has 0 bridgehead atoms. The quantitative estimate of drug-likeness (QED) is 0.159. The third-order valence-electron chi connectivity index (χ3n) is 3.40. The highest BCUT2D eigenvalue weighted by molar-refractivity contribution is 7.54. The van der Waals surface area contributed by atoms with Gasteiger partial charge in [-0.25, -0.2) is 9.34 Å². The summed E-state index contributed by atoms with van der Waals surface area (Å²) in [4.78, 5) is 10.6. The molecular formula is C16H29Cl3N3O4PS. The summed E-state index contributed by atoms with van der Waals surface area (Å²) in [5.41, 5.74) is 0. The molecule has 0 N–H and O–H groups in total. The molecule has 7 nitrogen and oxygen atoms in total. The Labute approximate surface area is 186 Å². The van der Waals surface area contributed by atoms with Gasteiger partial charge in [0.25, 0.3) is 0 Å². The summed E-state index contributed by atoms with van der Waals surface area (Å²) >= 11 is 19.4. The van der Waals surface area contributed by atoms with Crippen molar-refractivity contribution in [1.29, 1.82) is 0 Å². The van der Waals surface area contributed by atoms with E-state index < -0.39 is 12.6 Å². The van der Waals surface area contributed by atoms with Gasteiger partial charge in [0.05, 0.1) is 6.61 Å². The first-order valence-electron chi connectivity index (χ1n) is 8.81. The van der Waals surface area contributed by atoms with Crippen LogP contribution < -0.4 is 0 Å². The van der Waals surface area contributed by atoms with E-state index in [1.165, 1.54) is 4.88 Å². The van der Waals surface area contributed by atoms with Crippen LogP contribution in [0.2, 0.25) is 0 Å². The Morgan fingerprint density at radius 2 is 1.57 bits per heavy atom. The lowest BCUT2D eigenvalue weighted by atomic mass is 10.4. The van der Waals surface area contributed by atoms with Crippen molar-refractivity contribution in [1.82, 2.24) is 9.34 Å². The van der Waals surface area contributed by atoms with Gasteiger partial charge in [0.1, 0.15) is 0 Å². The van der Waals surface area contributed by atoms with Crippen LogP contribution in [0.4, 0.5) is 0 Å². The van der Waals surface area contributed by atoms with Gasteiger partial charge in [0, 0.05) is 58.5 Å². The molecule has 12 heteroatoms. The van der Waals surface area contributed by atoms with Crippen LogP contribution in [0.25, 0.3) is 0 Å². The predicted molar refractivity (Wildman–Crippen MR) is 120 cm³/mol. The molecule has 1 heterocycles. The topological polar surface area (TPSA) is 75.9 Å². The molecule has 1 rings (SSSR count). The molecule has 0 aromatic carbocycles. The fraction of sp³-hybridized carbons (Fsp3) is 0.750. The first-order chi connectivity index (χ1) is 13.2. The largest absolute Gasteiger partial charge is 0.346 e. The van der Waals surface area contributed by atoms with Crippen molar-refractivity contribution in [3.8, 4) is 0 Å². The lowest BCUT2D eigenvalue weighted by Gasteiger charge is -2.37. The van der Waals surface area contributed by atoms with Crippen molar-refractivity contribution in [2.75, 3.05) is 50.9 Å². The third kappa shape index (κ3) is 10.7. The molecule has 0 aliphatic rings. The Morgan fingerprint density at radius 3 is 1.93 bits per heavy atom. The van der Waals surface area contributed by atoms with Gasteiger partial charge >= 0.3 is 7.67 Å². The van der Waals surface area contributed by atoms with Gasteiger partial charge in [0.2, 0.25) is 0 Å². The van der Waals surface area contributed by atoms with Gasteiger partial charge in [-0.05, 0) is 25.5 Å². The monoisotopic (exact) mass is 495 g/mol. The highest BCUT2D eigenvalue weighted by atomic mass is 35.5. The number of alkyl halides is 3. The van der Waals surface area contributed by atoms with Crippen molar-refractivity contribution in [3.05, 3.63) is 32.0 Å². The van der Waals surface area contributed by atoms with Gasteiger partial charge in [-0.3, -0.25) is 14.7 Å². The molecule has 1 unspecified atom stereocenters. The number of hydrogen-bond donors (Lipinski definition) is 0. The average Bonchev–Trinajstić information content (AvgIpc) is 3.04. The molecule has 164 valence electrons. The smallest absolute Gasteiger partial charge is 0.300 e. The molecule has 0 radical (unpaired) electrons. The first-order valence-corrected chi connectivity index (χ1v) is 12.8. The fourth-order valence-electron chi connectivity index (χ4n) is 2.33. The van der Waals surface area contributed by atoms with Crippen molar-refractivity contribution in [3.63, 3.8) is 0 Å². The van der Waals surface area contributed by atoms with Gasteiger partial charge < -0.3 is 4.52 Å². The number of thiophene rings is 1. The van der Waals surface area contributed by atoms with Gasteiger partial charge in [0.15, 0.2) is 7.05 Å². The van der Waals surface area contributed by atoms with Crippen LogP contribution in [0.15, 0.2) is 12.1 Å². The Kier molecular flexibility index (Phi) is 15.9. The molecular weight excluding hydrogens is 468 g/mol. The van der Waals surface area contributed by atoms with E-state index in [-0.39, 0.29) is 0 Å². The van der Waals surface area contributed by atoms with Gasteiger partial charge in [-0.15, -0.1) is 46.1 Å². The van der Waals surface area contributed by atoms with E-state index in [9.17, 15) is 4.57 Å². The van der Waals surface area contributed by atoms with Crippen LogP contribution >= 0.6 is 53.8 Å². The highest BCUT2D eigenvalue weighted by Gasteiger charge is 2.37. The van der Waals surface area contributed by atoms with Gasteiger partial charge in [-0.2, -0.15) is 0 Å². The zero-order valence-electron chi connectivity index (χ0n) is 16.5. The maximum Gasteiger partial charge on any atom is 0.346 e. The zero-order valence-corrected chi connectivity index (χ0v) is 20.5. The molecule has 0 spiro atoms. The molecule has 0 amide bonds. The van der Waals surface area contributed by atoms with Crippen molar-refractivity contribution in [2.24, 2.45) is 0 Å². The molecule has 0 fully saturated rings. The van der Waals surface area contributed by atoms with Crippen LogP contribution in [-0.2, 0) is 15.7 Å². The first kappa shape index (κ1) is 28.1. The Bertz CT molecular complexity index is 573. The number of nitro groups is 1. The molecule has 1 aromatic heterocycles. The normalized spacial score (nSPS) is 13.3. The second-order valence-electron chi connectivity index (χ2n) is 5.69. The van der Waals surface area contributed by atoms with Crippen molar-refractivity contribution in [2.45, 2.75) is 26.9 Å². The van der Waals surface area contributed by atoms with Crippen molar-refractivity contribution < 1.29 is 14.0 Å². The van der Waals surface area contributed by atoms with E-state index in [2.05, 4.69) is 0 Å². The predicted octanol–water partition coefficient (Wildman–Crippen LogP) is 5.30. The Hall–Kier alpha value is 0.0800. The standard InChI is InChI=1S/C15H26Cl3N2O2PS.CH3NO2/c1-3-9-19(10-6-16)23(21,20(11-7-17)12-8-18)22-13-15-5-4-14(2)24-15;1-2(3)4/h4-5H,3,6-13H2,1-2H3;1H3. The van der Waals surface area contributed by atoms with E-state index in [0.29, 0.717) is 50.4 Å². The molecule has 0 saturated heterocycles. The summed E-state index contributed by atoms with van der Waals surface area (Å²) in [6, 6.07) is 4.04. The van der Waals surface area contributed by atoms with Crippen LogP contribution in [0, 0.1) is 17.0 Å². The molecule has 28 heavy (non-hydrogen) atoms. The summed E-state index contributed by atoms with van der Waals surface area (Å²) in [5.74, 6) is 1.12. The van der Waals surface area contributed by atoms with Gasteiger partial charge in [-0.1, -0.05) is 6.92 Å². The molecule has 1 atom stereocenters. The Morgan fingerprint density at radius 1 is 1.11 bits per heavy atom. The molecule has 0 aliphatic carbocycles. The molecule has 0 aliphatic heterocycles. The minimum atomic E-state index is -3.24. The van der Waals surface area contributed by atoms with Crippen LogP contribution in [-0.4, -0.2) is 65.1 Å². The summed E-state index contributed by atoms with van der Waals surface area (Å²) in [6.07, 6.45) is 0.859. The second-order valence-corrected chi connectivity index (χ2v) is 10.6. The van der Waals surface area contributed by atoms with E-state index in [1.807, 2.05) is 30.7 Å². The third-order valence-corrected chi connectivity index (χ3v) is 7.57. The average molecular weight is 497 g/mol. The Balaban J connectivity index is 0.00000165. The molecule has 0 saturated carbocycles. The fourth-order valence-corrected chi connectivity index (χ4v) is 6.69. The summed E-state index contributed by atoms with van der Waals surface area (Å²) in [5, 5.41) is 8.81. The van der Waals surface area contributed by atoms with Crippen LogP contribution in [0.3, 0.4) is 0 Å². The highest BCUT2D eigenvalue weighted by Crippen LogP contribution is 2.55. The number of hydrogen-bond acceptors (Lipinski definition) is 5. The van der Waals surface area contributed by atoms with E-state index in [1.54, 1.807) is 16.0 Å². The SMILES string of the molecule is CCCN(CCCl)P(=O)(OCc1ccc(C)s1)N(CCCl)CCCl.C[N+](=O)[O-]. The minimum Gasteiger partial charge on any atom is -0.300 e. The summed E-state index contributed by atoms with van der Waals surface area (Å²) < 4.78 is 23.4. The number of aryl methyl sites for hydroxylation is 1. The number of halogens is 3. The lowest BCUT2D eigenvalue weighted by Crippen LogP contribution is -2.36. The summed E-state index contributed by atoms with van der Waals surface area (Å²) in [6.45, 7) is 6.44. The maximum atomic E-state index is 13.8. The van der Waals surface area contributed by atoms with Crippen molar-refractivity contribution >= 4 is 53.8 Å². The van der Waals surface area contributed by atoms with Crippen LogP contribution in [0.1, 0.15) is 23.1 Å². The number of nitrogens with zero attached hydrogens (tertiary/aromatic N) is 3. The maximum absolute atomic E-state index is 13.8. The second kappa shape index (κ2) is 15.9. The van der Waals surface area contributed by atoms with E-state index >= 15 is 0 Å². The minimum absolute atomic E-state index is 0.305.